The van der Waals surface area contributed by atoms with Crippen LogP contribution in [0.1, 0.15) is 41.7 Å². The first-order valence-electron chi connectivity index (χ1n) is 7.91. The van der Waals surface area contributed by atoms with Gasteiger partial charge in [-0.25, -0.2) is 0 Å². The molecule has 0 aliphatic carbocycles. The number of halogens is 2. The quantitative estimate of drug-likeness (QED) is 0.681. The highest BCUT2D eigenvalue weighted by molar-refractivity contribution is 7.08. The van der Waals surface area contributed by atoms with Gasteiger partial charge in [0.05, 0.1) is 6.04 Å². The van der Waals surface area contributed by atoms with Gasteiger partial charge in [0.2, 0.25) is 5.91 Å². The van der Waals surface area contributed by atoms with Crippen molar-refractivity contribution in [3.63, 3.8) is 0 Å². The molecule has 1 unspecified atom stereocenters. The van der Waals surface area contributed by atoms with Crippen molar-refractivity contribution in [2.75, 3.05) is 13.6 Å². The summed E-state index contributed by atoms with van der Waals surface area (Å²) in [5.74, 6) is -0.105. The van der Waals surface area contributed by atoms with Crippen molar-refractivity contribution in [1.29, 1.82) is 0 Å². The minimum absolute atomic E-state index is 0.00305. The molecule has 7 heteroatoms. The van der Waals surface area contributed by atoms with Gasteiger partial charge in [0.15, 0.2) is 0 Å². The van der Waals surface area contributed by atoms with Crippen LogP contribution in [0.5, 0.6) is 0 Å². The molecular formula is C18H20Cl2N2O2S. The van der Waals surface area contributed by atoms with Gasteiger partial charge in [-0.05, 0) is 42.5 Å². The van der Waals surface area contributed by atoms with E-state index in [0.717, 1.165) is 5.56 Å². The Hall–Kier alpha value is -1.56. The number of hydrogen-bond donors (Lipinski definition) is 1. The van der Waals surface area contributed by atoms with Crippen LogP contribution in [0.2, 0.25) is 10.0 Å². The average Bonchev–Trinajstić information content (AvgIpc) is 3.11. The molecule has 0 aliphatic heterocycles. The maximum atomic E-state index is 12.4. The smallest absolute Gasteiger partial charge is 0.252 e. The summed E-state index contributed by atoms with van der Waals surface area (Å²) >= 11 is 13.6. The average molecular weight is 399 g/mol. The molecule has 4 nitrogen and oxygen atoms in total. The van der Waals surface area contributed by atoms with Crippen molar-refractivity contribution in [3.8, 4) is 0 Å². The van der Waals surface area contributed by atoms with Gasteiger partial charge in [0.25, 0.3) is 5.91 Å². The third-order valence-electron chi connectivity index (χ3n) is 4.02. The second kappa shape index (κ2) is 9.22. The summed E-state index contributed by atoms with van der Waals surface area (Å²) in [6.07, 6.45) is 0.941. The minimum atomic E-state index is -0.155. The van der Waals surface area contributed by atoms with Gasteiger partial charge in [-0.3, -0.25) is 9.59 Å². The van der Waals surface area contributed by atoms with E-state index in [9.17, 15) is 9.59 Å². The number of amides is 2. The van der Waals surface area contributed by atoms with Gasteiger partial charge in [0.1, 0.15) is 0 Å². The molecule has 2 rings (SSSR count). The Kier molecular flexibility index (Phi) is 7.29. The number of rotatable bonds is 7. The van der Waals surface area contributed by atoms with E-state index in [1.807, 2.05) is 18.4 Å². The first-order valence-corrected chi connectivity index (χ1v) is 9.61. The molecule has 1 aromatic heterocycles. The van der Waals surface area contributed by atoms with Crippen LogP contribution in [0.4, 0.5) is 0 Å². The fourth-order valence-corrected chi connectivity index (χ4v) is 3.58. The molecule has 2 aromatic rings. The van der Waals surface area contributed by atoms with E-state index in [2.05, 4.69) is 5.32 Å². The lowest BCUT2D eigenvalue weighted by Crippen LogP contribution is -2.31. The Morgan fingerprint density at radius 2 is 2.04 bits per heavy atom. The van der Waals surface area contributed by atoms with E-state index in [1.54, 1.807) is 35.5 Å². The first kappa shape index (κ1) is 19.8. The van der Waals surface area contributed by atoms with Gasteiger partial charge >= 0.3 is 0 Å². The molecule has 1 N–H and O–H groups in total. The second-order valence-corrected chi connectivity index (χ2v) is 7.34. The fraction of sp³-hybridized carbons (Fsp3) is 0.333. The van der Waals surface area contributed by atoms with E-state index >= 15 is 0 Å². The summed E-state index contributed by atoms with van der Waals surface area (Å²) in [5.41, 5.74) is 1.51. The van der Waals surface area contributed by atoms with Gasteiger partial charge in [-0.15, -0.1) is 0 Å². The number of carbonyl (C=O) groups excluding carboxylic acids is 2. The fourth-order valence-electron chi connectivity index (χ4n) is 2.38. The Labute approximate surface area is 161 Å². The molecule has 2 amide bonds. The first-order chi connectivity index (χ1) is 11.9. The van der Waals surface area contributed by atoms with Crippen molar-refractivity contribution in [2.45, 2.75) is 25.8 Å². The zero-order valence-electron chi connectivity index (χ0n) is 14.1. The van der Waals surface area contributed by atoms with Crippen molar-refractivity contribution in [3.05, 3.63) is 56.2 Å². The van der Waals surface area contributed by atoms with E-state index < -0.39 is 0 Å². The minimum Gasteiger partial charge on any atom is -0.352 e. The molecule has 0 fully saturated rings. The highest BCUT2D eigenvalue weighted by atomic mass is 35.5. The van der Waals surface area contributed by atoms with Gasteiger partial charge < -0.3 is 10.2 Å². The number of carbonyl (C=O) groups is 2. The van der Waals surface area contributed by atoms with E-state index in [4.69, 9.17) is 23.2 Å². The van der Waals surface area contributed by atoms with Gasteiger partial charge in [-0.1, -0.05) is 29.3 Å². The second-order valence-electron chi connectivity index (χ2n) is 5.72. The van der Waals surface area contributed by atoms with Gasteiger partial charge in [-0.2, -0.15) is 11.3 Å². The van der Waals surface area contributed by atoms with E-state index in [-0.39, 0.29) is 17.9 Å². The van der Waals surface area contributed by atoms with Crippen LogP contribution in [-0.4, -0.2) is 30.3 Å². The van der Waals surface area contributed by atoms with Gasteiger partial charge in [0, 0.05) is 41.0 Å². The van der Waals surface area contributed by atoms with Crippen LogP contribution < -0.4 is 5.32 Å². The molecule has 0 radical (unpaired) electrons. The van der Waals surface area contributed by atoms with Crippen LogP contribution in [0, 0.1) is 0 Å². The van der Waals surface area contributed by atoms with E-state index in [0.29, 0.717) is 35.0 Å². The zero-order chi connectivity index (χ0) is 18.4. The molecule has 1 heterocycles. The Balaban J connectivity index is 1.80. The summed E-state index contributed by atoms with van der Waals surface area (Å²) in [4.78, 5) is 25.8. The standard InChI is InChI=1S/C18H20Cl2N2O2S/c1-12(15-6-5-14(19)10-16(15)20)22(2)17(23)4-3-8-21-18(24)13-7-9-25-11-13/h5-7,9-12H,3-4,8H2,1-2H3,(H,21,24). The molecule has 1 atom stereocenters. The molecule has 0 saturated heterocycles. The van der Waals surface area contributed by atoms with Crippen LogP contribution >= 0.6 is 34.5 Å². The predicted molar refractivity (Wildman–Crippen MR) is 104 cm³/mol. The number of nitrogens with zero attached hydrogens (tertiary/aromatic N) is 1. The monoisotopic (exact) mass is 398 g/mol. The maximum Gasteiger partial charge on any atom is 0.252 e. The molecule has 0 bridgehead atoms. The lowest BCUT2D eigenvalue weighted by Gasteiger charge is -2.26. The largest absolute Gasteiger partial charge is 0.352 e. The highest BCUT2D eigenvalue weighted by Gasteiger charge is 2.19. The number of thiophene rings is 1. The SMILES string of the molecule is CC(c1ccc(Cl)cc1Cl)N(C)C(=O)CCCNC(=O)c1ccsc1. The lowest BCUT2D eigenvalue weighted by atomic mass is 10.1. The zero-order valence-corrected chi connectivity index (χ0v) is 16.4. The van der Waals surface area contributed by atoms with Crippen molar-refractivity contribution < 1.29 is 9.59 Å². The van der Waals surface area contributed by atoms with Crippen LogP contribution in [0.3, 0.4) is 0 Å². The summed E-state index contributed by atoms with van der Waals surface area (Å²) in [5, 5.41) is 7.58. The summed E-state index contributed by atoms with van der Waals surface area (Å²) < 4.78 is 0. The molecule has 0 spiro atoms. The summed E-state index contributed by atoms with van der Waals surface area (Å²) in [6, 6.07) is 6.89. The highest BCUT2D eigenvalue weighted by Crippen LogP contribution is 2.29. The third kappa shape index (κ3) is 5.46. The molecule has 134 valence electrons. The third-order valence-corrected chi connectivity index (χ3v) is 5.27. The predicted octanol–water partition coefficient (Wildman–Crippen LogP) is 4.78. The molecule has 0 saturated carbocycles. The van der Waals surface area contributed by atoms with Crippen molar-refractivity contribution >= 4 is 46.4 Å². The Morgan fingerprint density at radius 3 is 2.68 bits per heavy atom. The molecular weight excluding hydrogens is 379 g/mol. The van der Waals surface area contributed by atoms with Crippen LogP contribution in [-0.2, 0) is 4.79 Å². The number of benzene rings is 1. The lowest BCUT2D eigenvalue weighted by molar-refractivity contribution is -0.131. The number of nitrogens with one attached hydrogen (secondary N) is 1. The molecule has 1 aromatic carbocycles. The van der Waals surface area contributed by atoms with Crippen molar-refractivity contribution in [2.24, 2.45) is 0 Å². The normalized spacial score (nSPS) is 11.8. The maximum absolute atomic E-state index is 12.4. The van der Waals surface area contributed by atoms with Crippen LogP contribution in [0.25, 0.3) is 0 Å². The Morgan fingerprint density at radius 1 is 1.28 bits per heavy atom. The summed E-state index contributed by atoms with van der Waals surface area (Å²) in [7, 11) is 1.75. The van der Waals surface area contributed by atoms with Crippen molar-refractivity contribution in [1.82, 2.24) is 10.2 Å². The van der Waals surface area contributed by atoms with Crippen LogP contribution in [0.15, 0.2) is 35.0 Å². The molecule has 25 heavy (non-hydrogen) atoms. The van der Waals surface area contributed by atoms with E-state index in [1.165, 1.54) is 11.3 Å². The number of hydrogen-bond acceptors (Lipinski definition) is 3. The Bertz CT molecular complexity index is 735. The topological polar surface area (TPSA) is 49.4 Å². The molecule has 0 aliphatic rings. The summed E-state index contributed by atoms with van der Waals surface area (Å²) in [6.45, 7) is 2.38.